The molecule has 29 heavy (non-hydrogen) atoms. The largest absolute Gasteiger partial charge is 0.422 e. The van der Waals surface area contributed by atoms with Gasteiger partial charge >= 0.3 is 5.63 Å². The molecule has 1 N–H and O–H groups in total. The van der Waals surface area contributed by atoms with Crippen LogP contribution in [0.4, 0.5) is 0 Å². The summed E-state index contributed by atoms with van der Waals surface area (Å²) in [5.41, 5.74) is 1.31. The van der Waals surface area contributed by atoms with Gasteiger partial charge in [0.25, 0.3) is 5.91 Å². The monoisotopic (exact) mass is 406 g/mol. The second kappa shape index (κ2) is 8.45. The van der Waals surface area contributed by atoms with Crippen molar-refractivity contribution in [3.63, 3.8) is 0 Å². The highest BCUT2D eigenvalue weighted by atomic mass is 32.2. The first-order valence-corrected chi connectivity index (χ1v) is 10.1. The molecule has 2 amide bonds. The minimum atomic E-state index is -0.632. The molecule has 0 radical (unpaired) electrons. The molecule has 3 aromatic rings. The van der Waals surface area contributed by atoms with E-state index in [4.69, 9.17) is 4.42 Å². The van der Waals surface area contributed by atoms with Crippen molar-refractivity contribution >= 4 is 39.6 Å². The lowest BCUT2D eigenvalue weighted by molar-refractivity contribution is -0.124. The van der Waals surface area contributed by atoms with Crippen LogP contribution in [0.3, 0.4) is 0 Å². The number of hydrogen-bond acceptors (Lipinski definition) is 5. The Hall–Kier alpha value is -3.19. The van der Waals surface area contributed by atoms with Crippen LogP contribution in [0.2, 0.25) is 0 Å². The highest BCUT2D eigenvalue weighted by molar-refractivity contribution is 8.16. The third kappa shape index (κ3) is 4.46. The summed E-state index contributed by atoms with van der Waals surface area (Å²) in [6, 6.07) is 18.7. The number of nitrogens with one attached hydrogen (secondary N) is 1. The van der Waals surface area contributed by atoms with Gasteiger partial charge in [-0.3, -0.25) is 9.59 Å². The second-order valence-electron chi connectivity index (χ2n) is 6.64. The van der Waals surface area contributed by atoms with E-state index in [0.717, 1.165) is 29.1 Å². The molecular formula is C22H18N2O4S. The topological polar surface area (TPSA) is 88.7 Å². The number of carbonyl (C=O) groups is 2. The van der Waals surface area contributed by atoms with Crippen molar-refractivity contribution in [2.75, 3.05) is 6.54 Å². The molecule has 1 aliphatic heterocycles. The van der Waals surface area contributed by atoms with Gasteiger partial charge in [-0.2, -0.15) is 0 Å². The third-order valence-electron chi connectivity index (χ3n) is 4.56. The van der Waals surface area contributed by atoms with E-state index in [9.17, 15) is 14.4 Å². The molecule has 0 fully saturated rings. The number of aliphatic imine (C=N–C) groups is 1. The van der Waals surface area contributed by atoms with E-state index >= 15 is 0 Å². The van der Waals surface area contributed by atoms with Gasteiger partial charge in [-0.1, -0.05) is 60.3 Å². The summed E-state index contributed by atoms with van der Waals surface area (Å²) in [4.78, 5) is 40.7. The number of hydrogen-bond donors (Lipinski definition) is 1. The molecule has 1 aromatic heterocycles. The van der Waals surface area contributed by atoms with E-state index in [2.05, 4.69) is 10.3 Å². The van der Waals surface area contributed by atoms with Gasteiger partial charge in [0.2, 0.25) is 5.91 Å². The zero-order chi connectivity index (χ0) is 20.2. The number of amides is 2. The lowest BCUT2D eigenvalue weighted by atomic mass is 10.1. The van der Waals surface area contributed by atoms with Gasteiger partial charge < -0.3 is 9.73 Å². The molecule has 7 heteroatoms. The molecular weight excluding hydrogens is 388 g/mol. The Morgan fingerprint density at radius 3 is 2.66 bits per heavy atom. The Bertz CT molecular complexity index is 1150. The Labute approximate surface area is 171 Å². The van der Waals surface area contributed by atoms with E-state index in [1.807, 2.05) is 42.5 Å². The SMILES string of the molecule is O=C(C[C@H]1SC(c2cc3ccccc3oc2=O)=NC1=O)NCCc1ccccc1. The molecule has 2 aromatic carbocycles. The number of thioether (sulfide) groups is 1. The Morgan fingerprint density at radius 2 is 1.83 bits per heavy atom. The van der Waals surface area contributed by atoms with Crippen LogP contribution >= 0.6 is 11.8 Å². The molecule has 0 unspecified atom stereocenters. The molecule has 0 aliphatic carbocycles. The lowest BCUT2D eigenvalue weighted by Gasteiger charge is -2.08. The van der Waals surface area contributed by atoms with Gasteiger partial charge in [-0.15, -0.1) is 0 Å². The summed E-state index contributed by atoms with van der Waals surface area (Å²) in [5, 5.41) is 3.25. The summed E-state index contributed by atoms with van der Waals surface area (Å²) >= 11 is 1.13. The lowest BCUT2D eigenvalue weighted by Crippen LogP contribution is -2.29. The Balaban J connectivity index is 1.37. The first-order valence-electron chi connectivity index (χ1n) is 9.23. The van der Waals surface area contributed by atoms with Crippen LogP contribution in [-0.4, -0.2) is 28.7 Å². The normalized spacial score (nSPS) is 16.1. The first kappa shape index (κ1) is 19.1. The van der Waals surface area contributed by atoms with Crippen molar-refractivity contribution in [1.29, 1.82) is 0 Å². The van der Waals surface area contributed by atoms with Crippen LogP contribution in [-0.2, 0) is 16.0 Å². The van der Waals surface area contributed by atoms with E-state index in [1.165, 1.54) is 0 Å². The maximum atomic E-state index is 12.3. The first-order chi connectivity index (χ1) is 14.1. The second-order valence-corrected chi connectivity index (χ2v) is 7.83. The van der Waals surface area contributed by atoms with Crippen LogP contribution in [0, 0.1) is 0 Å². The van der Waals surface area contributed by atoms with Gasteiger partial charge in [0.15, 0.2) is 0 Å². The zero-order valence-corrected chi connectivity index (χ0v) is 16.3. The highest BCUT2D eigenvalue weighted by Gasteiger charge is 2.32. The Morgan fingerprint density at radius 1 is 1.07 bits per heavy atom. The summed E-state index contributed by atoms with van der Waals surface area (Å²) in [6.45, 7) is 0.496. The van der Waals surface area contributed by atoms with Crippen LogP contribution in [0.1, 0.15) is 17.5 Å². The number of fused-ring (bicyclic) bond motifs is 1. The molecule has 0 saturated heterocycles. The van der Waals surface area contributed by atoms with Crippen molar-refractivity contribution in [1.82, 2.24) is 5.32 Å². The van der Waals surface area contributed by atoms with Crippen molar-refractivity contribution in [3.8, 4) is 0 Å². The Kier molecular flexibility index (Phi) is 5.57. The average Bonchev–Trinajstić information content (AvgIpc) is 3.08. The van der Waals surface area contributed by atoms with Gasteiger partial charge in [0.1, 0.15) is 15.9 Å². The molecule has 4 rings (SSSR count). The predicted octanol–water partition coefficient (Wildman–Crippen LogP) is 2.93. The zero-order valence-electron chi connectivity index (χ0n) is 15.5. The van der Waals surface area contributed by atoms with E-state index in [1.54, 1.807) is 18.2 Å². The van der Waals surface area contributed by atoms with Crippen LogP contribution in [0.25, 0.3) is 11.0 Å². The molecule has 0 bridgehead atoms. The van der Waals surface area contributed by atoms with Gasteiger partial charge in [-0.25, -0.2) is 9.79 Å². The summed E-state index contributed by atoms with van der Waals surface area (Å²) in [6.07, 6.45) is 0.739. The number of rotatable bonds is 6. The van der Waals surface area contributed by atoms with E-state index in [-0.39, 0.29) is 17.9 Å². The van der Waals surface area contributed by atoms with Crippen molar-refractivity contribution in [2.45, 2.75) is 18.1 Å². The molecule has 1 atom stereocenters. The molecule has 2 heterocycles. The molecule has 0 saturated carbocycles. The molecule has 0 spiro atoms. The average molecular weight is 406 g/mol. The van der Waals surface area contributed by atoms with Gasteiger partial charge in [0, 0.05) is 18.4 Å². The maximum absolute atomic E-state index is 12.3. The molecule has 1 aliphatic rings. The fourth-order valence-corrected chi connectivity index (χ4v) is 4.15. The maximum Gasteiger partial charge on any atom is 0.346 e. The van der Waals surface area contributed by atoms with Gasteiger partial charge in [0.05, 0.1) is 5.56 Å². The van der Waals surface area contributed by atoms with Crippen molar-refractivity contribution in [3.05, 3.63) is 82.2 Å². The number of nitrogens with zero attached hydrogens (tertiary/aromatic N) is 1. The predicted molar refractivity (Wildman–Crippen MR) is 113 cm³/mol. The van der Waals surface area contributed by atoms with Crippen molar-refractivity contribution in [2.24, 2.45) is 4.99 Å². The summed E-state index contributed by atoms with van der Waals surface area (Å²) < 4.78 is 5.31. The van der Waals surface area contributed by atoms with E-state index in [0.29, 0.717) is 17.2 Å². The minimum Gasteiger partial charge on any atom is -0.422 e. The fourth-order valence-electron chi connectivity index (χ4n) is 3.08. The quantitative estimate of drug-likeness (QED) is 0.636. The summed E-state index contributed by atoms with van der Waals surface area (Å²) in [5.74, 6) is -0.621. The standard InChI is InChI=1S/C22H18N2O4S/c25-19(23-11-10-14-6-2-1-3-7-14)13-18-20(26)24-21(29-18)16-12-15-8-4-5-9-17(15)28-22(16)27/h1-9,12,18H,10-11,13H2,(H,23,25)/t18-/m1/s1. The molecule has 6 nitrogen and oxygen atoms in total. The fraction of sp³-hybridized carbons (Fsp3) is 0.182. The number of benzene rings is 2. The van der Waals surface area contributed by atoms with Crippen molar-refractivity contribution < 1.29 is 14.0 Å². The third-order valence-corrected chi connectivity index (χ3v) is 5.75. The van der Waals surface area contributed by atoms with Crippen LogP contribution in [0.5, 0.6) is 0 Å². The van der Waals surface area contributed by atoms with Crippen LogP contribution < -0.4 is 10.9 Å². The smallest absolute Gasteiger partial charge is 0.346 e. The summed E-state index contributed by atoms with van der Waals surface area (Å²) in [7, 11) is 0. The number of para-hydroxylation sites is 1. The van der Waals surface area contributed by atoms with Crippen LogP contribution in [0.15, 0.2) is 74.9 Å². The number of carbonyl (C=O) groups excluding carboxylic acids is 2. The minimum absolute atomic E-state index is 0.0181. The van der Waals surface area contributed by atoms with Gasteiger partial charge in [-0.05, 0) is 24.1 Å². The highest BCUT2D eigenvalue weighted by Crippen LogP contribution is 2.29. The van der Waals surface area contributed by atoms with E-state index < -0.39 is 16.8 Å². The molecule has 146 valence electrons.